The van der Waals surface area contributed by atoms with Gasteiger partial charge < -0.3 is 9.84 Å². The van der Waals surface area contributed by atoms with E-state index in [1.165, 1.54) is 6.07 Å². The summed E-state index contributed by atoms with van der Waals surface area (Å²) in [6.45, 7) is 10.8. The monoisotopic (exact) mass is 279 g/mol. The van der Waals surface area contributed by atoms with E-state index in [0.29, 0.717) is 18.4 Å². The first kappa shape index (κ1) is 16.5. The van der Waals surface area contributed by atoms with Gasteiger partial charge in [-0.15, -0.1) is 0 Å². The van der Waals surface area contributed by atoms with E-state index in [0.717, 1.165) is 18.5 Å². The Kier molecular flexibility index (Phi) is 5.54. The van der Waals surface area contributed by atoms with E-state index in [1.807, 2.05) is 20.8 Å². The number of aromatic carboxylic acids is 1. The van der Waals surface area contributed by atoms with Crippen molar-refractivity contribution in [1.82, 2.24) is 4.98 Å². The Labute approximate surface area is 121 Å². The van der Waals surface area contributed by atoms with Crippen molar-refractivity contribution < 1.29 is 14.6 Å². The van der Waals surface area contributed by atoms with Crippen LogP contribution in [0, 0.1) is 5.92 Å². The highest BCUT2D eigenvalue weighted by Crippen LogP contribution is 2.24. The number of hydrogen-bond acceptors (Lipinski definition) is 3. The Hall–Kier alpha value is -1.58. The first-order valence-electron chi connectivity index (χ1n) is 7.12. The molecule has 0 aromatic carbocycles. The van der Waals surface area contributed by atoms with Crippen molar-refractivity contribution in [2.45, 2.75) is 52.9 Å². The molecule has 1 aromatic rings. The lowest BCUT2D eigenvalue weighted by Gasteiger charge is -2.20. The first-order valence-corrected chi connectivity index (χ1v) is 7.12. The van der Waals surface area contributed by atoms with Crippen LogP contribution in [0.3, 0.4) is 0 Å². The second-order valence-electron chi connectivity index (χ2n) is 6.34. The van der Waals surface area contributed by atoms with Crippen molar-refractivity contribution in [2.75, 3.05) is 6.61 Å². The summed E-state index contributed by atoms with van der Waals surface area (Å²) in [6.07, 6.45) is 2.20. The summed E-state index contributed by atoms with van der Waals surface area (Å²) in [5.41, 5.74) is 0.747. The fourth-order valence-corrected chi connectivity index (χ4v) is 1.89. The number of hydrogen-bond donors (Lipinski definition) is 1. The zero-order valence-corrected chi connectivity index (χ0v) is 13.1. The summed E-state index contributed by atoms with van der Waals surface area (Å²) < 4.78 is 5.67. The summed E-state index contributed by atoms with van der Waals surface area (Å²) in [4.78, 5) is 15.6. The molecule has 0 amide bonds. The molecule has 4 nitrogen and oxygen atoms in total. The third-order valence-electron chi connectivity index (χ3n) is 3.11. The van der Waals surface area contributed by atoms with E-state index in [4.69, 9.17) is 4.74 Å². The average molecular weight is 279 g/mol. The van der Waals surface area contributed by atoms with Crippen LogP contribution in [0.1, 0.15) is 63.5 Å². The molecule has 0 aliphatic rings. The third kappa shape index (κ3) is 4.83. The lowest BCUT2D eigenvalue weighted by Crippen LogP contribution is -2.17. The quantitative estimate of drug-likeness (QED) is 0.858. The van der Waals surface area contributed by atoms with Gasteiger partial charge in [-0.1, -0.05) is 41.0 Å². The summed E-state index contributed by atoms with van der Waals surface area (Å²) >= 11 is 0. The molecule has 1 heterocycles. The van der Waals surface area contributed by atoms with Crippen LogP contribution in [-0.2, 0) is 5.41 Å². The van der Waals surface area contributed by atoms with E-state index < -0.39 is 5.97 Å². The van der Waals surface area contributed by atoms with Crippen LogP contribution in [0.15, 0.2) is 12.1 Å². The van der Waals surface area contributed by atoms with Crippen LogP contribution >= 0.6 is 0 Å². The number of nitrogens with zero attached hydrogens (tertiary/aromatic N) is 1. The number of aromatic nitrogens is 1. The van der Waals surface area contributed by atoms with Crippen LogP contribution < -0.4 is 4.74 Å². The van der Waals surface area contributed by atoms with E-state index in [2.05, 4.69) is 18.8 Å². The normalized spacial score (nSPS) is 13.1. The smallest absolute Gasteiger partial charge is 0.335 e. The molecule has 0 aliphatic heterocycles. The Morgan fingerprint density at radius 3 is 2.55 bits per heavy atom. The lowest BCUT2D eigenvalue weighted by molar-refractivity contribution is 0.0695. The highest BCUT2D eigenvalue weighted by Gasteiger charge is 2.19. The highest BCUT2D eigenvalue weighted by molar-refractivity contribution is 5.88. The number of carboxylic acid groups (broad SMARTS) is 1. The van der Waals surface area contributed by atoms with E-state index >= 15 is 0 Å². The van der Waals surface area contributed by atoms with Gasteiger partial charge in [0.2, 0.25) is 5.88 Å². The first-order chi connectivity index (χ1) is 9.24. The Bertz CT molecular complexity index is 463. The Morgan fingerprint density at radius 1 is 1.40 bits per heavy atom. The van der Waals surface area contributed by atoms with Gasteiger partial charge in [0.1, 0.15) is 0 Å². The van der Waals surface area contributed by atoms with Gasteiger partial charge in [0.05, 0.1) is 17.9 Å². The number of carbonyl (C=O) groups is 1. The summed E-state index contributed by atoms with van der Waals surface area (Å²) in [5, 5.41) is 9.18. The second kappa shape index (κ2) is 6.73. The zero-order valence-electron chi connectivity index (χ0n) is 13.1. The molecular formula is C16H25NO3. The maximum atomic E-state index is 11.2. The summed E-state index contributed by atoms with van der Waals surface area (Å²) in [7, 11) is 0. The van der Waals surface area contributed by atoms with Crippen molar-refractivity contribution in [3.05, 3.63) is 23.4 Å². The van der Waals surface area contributed by atoms with Gasteiger partial charge in [0, 0.05) is 11.5 Å². The summed E-state index contributed by atoms with van der Waals surface area (Å²) in [6, 6.07) is 3.11. The zero-order chi connectivity index (χ0) is 15.3. The Morgan fingerprint density at radius 2 is 2.05 bits per heavy atom. The fraction of sp³-hybridized carbons (Fsp3) is 0.625. The molecule has 0 bridgehead atoms. The minimum absolute atomic E-state index is 0.210. The molecule has 1 aromatic heterocycles. The second-order valence-corrected chi connectivity index (χ2v) is 6.34. The number of ether oxygens (including phenoxy) is 1. The molecular weight excluding hydrogens is 254 g/mol. The topological polar surface area (TPSA) is 59.4 Å². The van der Waals surface area contributed by atoms with Crippen molar-refractivity contribution in [1.29, 1.82) is 0 Å². The maximum absolute atomic E-state index is 11.2. The van der Waals surface area contributed by atoms with Crippen LogP contribution in [0.5, 0.6) is 5.88 Å². The van der Waals surface area contributed by atoms with Gasteiger partial charge in [0.25, 0.3) is 0 Å². The molecule has 0 saturated heterocycles. The van der Waals surface area contributed by atoms with Gasteiger partial charge >= 0.3 is 5.97 Å². The van der Waals surface area contributed by atoms with Gasteiger partial charge in [0.15, 0.2) is 0 Å². The number of rotatable bonds is 6. The molecule has 0 spiro atoms. The largest absolute Gasteiger partial charge is 0.478 e. The molecule has 1 N–H and O–H groups in total. The van der Waals surface area contributed by atoms with Crippen molar-refractivity contribution in [3.63, 3.8) is 0 Å². The van der Waals surface area contributed by atoms with Crippen LogP contribution in [0.4, 0.5) is 0 Å². The molecule has 4 heteroatoms. The SMILES string of the molecule is CCCC(C)COc1cc(C(=O)O)cc(C(C)(C)C)n1. The molecule has 20 heavy (non-hydrogen) atoms. The average Bonchev–Trinajstić information content (AvgIpc) is 2.35. The van der Waals surface area contributed by atoms with Crippen LogP contribution in [0.2, 0.25) is 0 Å². The minimum Gasteiger partial charge on any atom is -0.478 e. The fourth-order valence-electron chi connectivity index (χ4n) is 1.89. The molecule has 112 valence electrons. The van der Waals surface area contributed by atoms with E-state index in [1.54, 1.807) is 6.07 Å². The van der Waals surface area contributed by atoms with Crippen molar-refractivity contribution in [3.8, 4) is 5.88 Å². The van der Waals surface area contributed by atoms with Crippen LogP contribution in [-0.4, -0.2) is 22.7 Å². The molecule has 0 saturated carbocycles. The minimum atomic E-state index is -0.954. The number of pyridine rings is 1. The van der Waals surface area contributed by atoms with Gasteiger partial charge in [-0.25, -0.2) is 9.78 Å². The lowest BCUT2D eigenvalue weighted by atomic mass is 9.91. The van der Waals surface area contributed by atoms with Gasteiger partial charge in [-0.05, 0) is 18.4 Å². The predicted octanol–water partition coefficient (Wildman–Crippen LogP) is 3.89. The van der Waals surface area contributed by atoms with Crippen LogP contribution in [0.25, 0.3) is 0 Å². The Balaban J connectivity index is 2.95. The van der Waals surface area contributed by atoms with Crippen molar-refractivity contribution in [2.24, 2.45) is 5.92 Å². The third-order valence-corrected chi connectivity index (χ3v) is 3.11. The maximum Gasteiger partial charge on any atom is 0.335 e. The molecule has 1 atom stereocenters. The molecule has 0 aliphatic carbocycles. The van der Waals surface area contributed by atoms with Gasteiger partial charge in [-0.3, -0.25) is 0 Å². The van der Waals surface area contributed by atoms with Gasteiger partial charge in [-0.2, -0.15) is 0 Å². The number of carboxylic acids is 1. The van der Waals surface area contributed by atoms with E-state index in [9.17, 15) is 9.90 Å². The molecule has 1 unspecified atom stereocenters. The molecule has 0 radical (unpaired) electrons. The standard InChI is InChI=1S/C16H25NO3/c1-6-7-11(2)10-20-14-9-12(15(18)19)8-13(17-14)16(3,4)5/h8-9,11H,6-7,10H2,1-5H3,(H,18,19). The molecule has 1 rings (SSSR count). The van der Waals surface area contributed by atoms with E-state index in [-0.39, 0.29) is 11.0 Å². The predicted molar refractivity (Wildman–Crippen MR) is 79.5 cm³/mol. The summed E-state index contributed by atoms with van der Waals surface area (Å²) in [5.74, 6) is -0.115. The molecule has 0 fully saturated rings. The highest BCUT2D eigenvalue weighted by atomic mass is 16.5. The van der Waals surface area contributed by atoms with Crippen molar-refractivity contribution >= 4 is 5.97 Å².